The van der Waals surface area contributed by atoms with Crippen LogP contribution in [0.4, 0.5) is 0 Å². The Labute approximate surface area is 130 Å². The van der Waals surface area contributed by atoms with E-state index in [2.05, 4.69) is 44.4 Å². The van der Waals surface area contributed by atoms with Gasteiger partial charge in [-0.25, -0.2) is 0 Å². The molecule has 0 radical (unpaired) electrons. The summed E-state index contributed by atoms with van der Waals surface area (Å²) < 4.78 is 0. The van der Waals surface area contributed by atoms with Crippen LogP contribution in [0.25, 0.3) is 0 Å². The molecule has 0 N–H and O–H groups in total. The number of hydrogen-bond acceptors (Lipinski definition) is 2. The van der Waals surface area contributed by atoms with E-state index in [1.165, 1.54) is 11.1 Å². The topological polar surface area (TPSA) is 20.3 Å². The minimum atomic E-state index is -0.326. The third kappa shape index (κ3) is 4.16. The van der Waals surface area contributed by atoms with Gasteiger partial charge in [-0.1, -0.05) is 44.2 Å². The molecular formula is C19H31NO. The van der Waals surface area contributed by atoms with Gasteiger partial charge in [0.2, 0.25) is 0 Å². The predicted molar refractivity (Wildman–Crippen MR) is 91.4 cm³/mol. The second kappa shape index (κ2) is 8.33. The summed E-state index contributed by atoms with van der Waals surface area (Å²) in [6.45, 7) is 15.3. The molecule has 0 amide bonds. The molecule has 0 spiro atoms. The molecule has 2 nitrogen and oxygen atoms in total. The molecule has 1 aliphatic heterocycles. The van der Waals surface area contributed by atoms with E-state index in [4.69, 9.17) is 0 Å². The summed E-state index contributed by atoms with van der Waals surface area (Å²) in [7, 11) is 0. The van der Waals surface area contributed by atoms with Crippen molar-refractivity contribution in [1.29, 1.82) is 0 Å². The Morgan fingerprint density at radius 3 is 2.48 bits per heavy atom. The van der Waals surface area contributed by atoms with Gasteiger partial charge in [-0.05, 0) is 64.7 Å². The van der Waals surface area contributed by atoms with Gasteiger partial charge in [-0.2, -0.15) is 0 Å². The fourth-order valence-electron chi connectivity index (χ4n) is 3.52. The second-order valence-electron chi connectivity index (χ2n) is 6.04. The minimum absolute atomic E-state index is 0.303. The summed E-state index contributed by atoms with van der Waals surface area (Å²) in [6, 6.07) is 0. The molecule has 1 heterocycles. The number of ketones is 1. The number of Topliss-reactive ketones (excluding diaryl/α,β-unsaturated/α-hetero) is 1. The molecule has 1 unspecified atom stereocenters. The van der Waals surface area contributed by atoms with Crippen LogP contribution in [0.2, 0.25) is 0 Å². The van der Waals surface area contributed by atoms with Crippen LogP contribution in [0.15, 0.2) is 36.0 Å². The standard InChI is InChI=1S/C19H31NO/c1-6-10-16(4)18(11-7-2)19(17(5)21)12-9-14-20(8-3)15-13-19/h7,10-11H,2,6,8-9,12-15H2,1,3-5H3/b16-10-,18-11+. The van der Waals surface area contributed by atoms with E-state index in [0.717, 1.165) is 45.3 Å². The molecule has 2 heteroatoms. The Hall–Kier alpha value is -1.15. The quantitative estimate of drug-likeness (QED) is 0.669. The lowest BCUT2D eigenvalue weighted by Gasteiger charge is -2.34. The molecule has 1 aliphatic rings. The van der Waals surface area contributed by atoms with Crippen LogP contribution in [-0.2, 0) is 4.79 Å². The van der Waals surface area contributed by atoms with E-state index in [0.29, 0.717) is 5.78 Å². The highest BCUT2D eigenvalue weighted by Crippen LogP contribution is 2.43. The molecule has 1 atom stereocenters. The van der Waals surface area contributed by atoms with Crippen LogP contribution in [0.3, 0.4) is 0 Å². The van der Waals surface area contributed by atoms with E-state index >= 15 is 0 Å². The van der Waals surface area contributed by atoms with Crippen LogP contribution in [0.1, 0.15) is 53.4 Å². The fourth-order valence-corrected chi connectivity index (χ4v) is 3.52. The largest absolute Gasteiger partial charge is 0.304 e. The van der Waals surface area contributed by atoms with Crippen molar-refractivity contribution < 1.29 is 4.79 Å². The summed E-state index contributed by atoms with van der Waals surface area (Å²) in [6.07, 6.45) is 10.1. The van der Waals surface area contributed by atoms with Crippen molar-refractivity contribution in [2.45, 2.75) is 53.4 Å². The Balaban J connectivity index is 3.24. The zero-order chi connectivity index (χ0) is 15.9. The maximum absolute atomic E-state index is 12.6. The SMILES string of the molecule is C=C/C=C(\C(C)=C/CC)C1(C(C)=O)CCCN(CC)CC1. The minimum Gasteiger partial charge on any atom is -0.304 e. The fraction of sp³-hybridized carbons (Fsp3) is 0.632. The van der Waals surface area contributed by atoms with Crippen molar-refractivity contribution in [3.8, 4) is 0 Å². The van der Waals surface area contributed by atoms with Gasteiger partial charge in [0, 0.05) is 0 Å². The van der Waals surface area contributed by atoms with E-state index in [1.807, 2.05) is 6.08 Å². The molecule has 1 fully saturated rings. The van der Waals surface area contributed by atoms with Gasteiger partial charge in [0.25, 0.3) is 0 Å². The monoisotopic (exact) mass is 289 g/mol. The van der Waals surface area contributed by atoms with Gasteiger partial charge in [0.1, 0.15) is 5.78 Å². The molecule has 1 saturated heterocycles. The van der Waals surface area contributed by atoms with Crippen molar-refractivity contribution in [2.75, 3.05) is 19.6 Å². The second-order valence-corrected chi connectivity index (χ2v) is 6.04. The van der Waals surface area contributed by atoms with Gasteiger partial charge in [0.05, 0.1) is 5.41 Å². The molecule has 118 valence electrons. The normalized spacial score (nSPS) is 25.5. The third-order valence-corrected chi connectivity index (χ3v) is 4.79. The molecule has 0 aromatic rings. The van der Waals surface area contributed by atoms with Crippen molar-refractivity contribution in [3.05, 3.63) is 36.0 Å². The first-order valence-corrected chi connectivity index (χ1v) is 8.25. The molecule has 21 heavy (non-hydrogen) atoms. The molecule has 0 aliphatic carbocycles. The highest BCUT2D eigenvalue weighted by Gasteiger charge is 2.40. The third-order valence-electron chi connectivity index (χ3n) is 4.79. The molecule has 1 rings (SSSR count). The lowest BCUT2D eigenvalue weighted by molar-refractivity contribution is -0.125. The summed E-state index contributed by atoms with van der Waals surface area (Å²) in [4.78, 5) is 15.0. The van der Waals surface area contributed by atoms with Gasteiger partial charge in [-0.15, -0.1) is 0 Å². The molecule has 0 saturated carbocycles. The average Bonchev–Trinajstić information content (AvgIpc) is 2.68. The number of hydrogen-bond donors (Lipinski definition) is 0. The maximum atomic E-state index is 12.6. The summed E-state index contributed by atoms with van der Waals surface area (Å²) in [5, 5.41) is 0. The van der Waals surface area contributed by atoms with Crippen molar-refractivity contribution in [2.24, 2.45) is 5.41 Å². The molecule has 0 aromatic heterocycles. The van der Waals surface area contributed by atoms with Gasteiger partial charge >= 0.3 is 0 Å². The van der Waals surface area contributed by atoms with Gasteiger partial charge in [0.15, 0.2) is 0 Å². The maximum Gasteiger partial charge on any atom is 0.140 e. The lowest BCUT2D eigenvalue weighted by Crippen LogP contribution is -2.34. The number of rotatable bonds is 6. The Kier molecular flexibility index (Phi) is 7.10. The average molecular weight is 289 g/mol. The number of allylic oxidation sites excluding steroid dienone is 5. The van der Waals surface area contributed by atoms with Crippen LogP contribution in [0.5, 0.6) is 0 Å². The van der Waals surface area contributed by atoms with E-state index < -0.39 is 0 Å². The lowest BCUT2D eigenvalue weighted by atomic mass is 9.68. The smallest absolute Gasteiger partial charge is 0.140 e. The highest BCUT2D eigenvalue weighted by molar-refractivity contribution is 5.87. The Morgan fingerprint density at radius 1 is 1.24 bits per heavy atom. The van der Waals surface area contributed by atoms with Crippen molar-refractivity contribution in [1.82, 2.24) is 4.90 Å². The predicted octanol–water partition coefficient (Wildman–Crippen LogP) is 4.54. The molecule has 0 aromatic carbocycles. The number of carbonyl (C=O) groups is 1. The van der Waals surface area contributed by atoms with Gasteiger partial charge in [-0.3, -0.25) is 4.79 Å². The van der Waals surface area contributed by atoms with Crippen LogP contribution < -0.4 is 0 Å². The first-order valence-electron chi connectivity index (χ1n) is 8.25. The summed E-state index contributed by atoms with van der Waals surface area (Å²) in [5.74, 6) is 0.303. The Bertz CT molecular complexity index is 433. The first-order chi connectivity index (χ1) is 10.0. The highest BCUT2D eigenvalue weighted by atomic mass is 16.1. The van der Waals surface area contributed by atoms with Crippen LogP contribution >= 0.6 is 0 Å². The summed E-state index contributed by atoms with van der Waals surface area (Å²) >= 11 is 0. The number of likely N-dealkylation sites (tertiary alicyclic amines) is 1. The molecular weight excluding hydrogens is 258 g/mol. The zero-order valence-corrected chi connectivity index (χ0v) is 14.2. The number of carbonyl (C=O) groups excluding carboxylic acids is 1. The number of nitrogens with zero attached hydrogens (tertiary/aromatic N) is 1. The van der Waals surface area contributed by atoms with Crippen molar-refractivity contribution in [3.63, 3.8) is 0 Å². The van der Waals surface area contributed by atoms with Crippen molar-refractivity contribution >= 4 is 5.78 Å². The van der Waals surface area contributed by atoms with E-state index in [9.17, 15) is 4.79 Å². The zero-order valence-electron chi connectivity index (χ0n) is 14.2. The first kappa shape index (κ1) is 17.9. The molecule has 0 bridgehead atoms. The van der Waals surface area contributed by atoms with Crippen LogP contribution in [0, 0.1) is 5.41 Å². The van der Waals surface area contributed by atoms with E-state index in [1.54, 1.807) is 6.92 Å². The summed E-state index contributed by atoms with van der Waals surface area (Å²) in [5.41, 5.74) is 2.09. The van der Waals surface area contributed by atoms with Gasteiger partial charge < -0.3 is 4.90 Å². The van der Waals surface area contributed by atoms with E-state index in [-0.39, 0.29) is 5.41 Å². The van der Waals surface area contributed by atoms with Crippen LogP contribution in [-0.4, -0.2) is 30.3 Å². The Morgan fingerprint density at radius 2 is 1.95 bits per heavy atom.